The number of rotatable bonds is 5. The summed E-state index contributed by atoms with van der Waals surface area (Å²) >= 11 is 3.59. The molecular formula is C25H24BrN5O3. The van der Waals surface area contributed by atoms with E-state index in [2.05, 4.69) is 26.0 Å². The van der Waals surface area contributed by atoms with Crippen LogP contribution < -0.4 is 5.73 Å². The summed E-state index contributed by atoms with van der Waals surface area (Å²) in [4.78, 5) is 20.7. The minimum Gasteiger partial charge on any atom is -0.481 e. The van der Waals surface area contributed by atoms with Gasteiger partial charge in [0.15, 0.2) is 5.65 Å². The summed E-state index contributed by atoms with van der Waals surface area (Å²) < 4.78 is 2.29. The van der Waals surface area contributed by atoms with Crippen molar-refractivity contribution in [3.05, 3.63) is 65.0 Å². The molecule has 0 spiro atoms. The minimum absolute atomic E-state index is 0.0528. The van der Waals surface area contributed by atoms with Gasteiger partial charge in [-0.15, -0.1) is 0 Å². The molecule has 4 aromatic rings. The Hall–Kier alpha value is -3.30. The number of fused-ring (bicyclic) bond motifs is 1. The van der Waals surface area contributed by atoms with Crippen molar-refractivity contribution in [3.8, 4) is 22.4 Å². The molecule has 1 aliphatic rings. The Kier molecular flexibility index (Phi) is 5.83. The van der Waals surface area contributed by atoms with E-state index in [-0.39, 0.29) is 12.3 Å². The molecule has 1 aliphatic carbocycles. The van der Waals surface area contributed by atoms with Crippen LogP contribution in [-0.4, -0.2) is 41.4 Å². The molecule has 0 unspecified atom stereocenters. The highest BCUT2D eigenvalue weighted by Gasteiger charge is 2.37. The molecule has 34 heavy (non-hydrogen) atoms. The first kappa shape index (κ1) is 22.5. The van der Waals surface area contributed by atoms with E-state index in [0.717, 1.165) is 28.1 Å². The normalized spacial score (nSPS) is 20.5. The van der Waals surface area contributed by atoms with Crippen LogP contribution in [0.15, 0.2) is 59.3 Å². The van der Waals surface area contributed by atoms with Crippen molar-refractivity contribution in [2.75, 3.05) is 5.73 Å². The number of carbonyl (C=O) groups is 1. The number of hydrogen-bond donors (Lipinski definition) is 3. The molecule has 0 atom stereocenters. The Balaban J connectivity index is 1.47. The molecule has 174 valence electrons. The van der Waals surface area contributed by atoms with Crippen LogP contribution in [0, 0.1) is 0 Å². The predicted molar refractivity (Wildman–Crippen MR) is 132 cm³/mol. The highest BCUT2D eigenvalue weighted by molar-refractivity contribution is 9.10. The Bertz CT molecular complexity index is 1350. The number of hydrogen-bond acceptors (Lipinski definition) is 6. The summed E-state index contributed by atoms with van der Waals surface area (Å²) in [5, 5.41) is 24.2. The summed E-state index contributed by atoms with van der Waals surface area (Å²) in [6.07, 6.45) is 5.37. The molecule has 5 rings (SSSR count). The van der Waals surface area contributed by atoms with Gasteiger partial charge in [0.2, 0.25) is 0 Å². The maximum atomic E-state index is 11.1. The topological polar surface area (TPSA) is 127 Å². The summed E-state index contributed by atoms with van der Waals surface area (Å²) in [6.45, 7) is 0. The average molecular weight is 522 g/mol. The second-order valence-corrected chi connectivity index (χ2v) is 9.65. The fourth-order valence-electron chi connectivity index (χ4n) is 4.71. The SMILES string of the molecule is Nc1c(Br)c([C@H]2CC[C@](O)(CC(=O)O)CC2)nc2c(-c3ccc(-c4ccccc4)nc3)cnn12. The molecule has 0 saturated heterocycles. The highest BCUT2D eigenvalue weighted by atomic mass is 79.9. The fraction of sp³-hybridized carbons (Fsp3) is 0.280. The Morgan fingerprint density at radius 3 is 2.50 bits per heavy atom. The monoisotopic (exact) mass is 521 g/mol. The molecule has 1 saturated carbocycles. The predicted octanol–water partition coefficient (Wildman–Crippen LogP) is 4.67. The summed E-state index contributed by atoms with van der Waals surface area (Å²) in [5.41, 5.74) is 10.3. The second-order valence-electron chi connectivity index (χ2n) is 8.86. The lowest BCUT2D eigenvalue weighted by Gasteiger charge is -2.35. The molecular weight excluding hydrogens is 498 g/mol. The van der Waals surface area contributed by atoms with Crippen molar-refractivity contribution >= 4 is 33.4 Å². The quantitative estimate of drug-likeness (QED) is 0.348. The van der Waals surface area contributed by atoms with Crippen LogP contribution in [-0.2, 0) is 4.79 Å². The van der Waals surface area contributed by atoms with Crippen LogP contribution in [0.1, 0.15) is 43.7 Å². The van der Waals surface area contributed by atoms with Gasteiger partial charge in [0, 0.05) is 28.8 Å². The molecule has 1 fully saturated rings. The van der Waals surface area contributed by atoms with Gasteiger partial charge in [-0.05, 0) is 47.7 Å². The lowest BCUT2D eigenvalue weighted by atomic mass is 9.76. The van der Waals surface area contributed by atoms with Gasteiger partial charge < -0.3 is 15.9 Å². The highest BCUT2D eigenvalue weighted by Crippen LogP contribution is 2.43. The number of benzene rings is 1. The molecule has 0 radical (unpaired) electrons. The number of pyridine rings is 1. The van der Waals surface area contributed by atoms with E-state index < -0.39 is 11.6 Å². The number of nitrogen functional groups attached to an aromatic ring is 1. The van der Waals surface area contributed by atoms with Gasteiger partial charge in [0.1, 0.15) is 5.82 Å². The zero-order valence-corrected chi connectivity index (χ0v) is 19.9. The van der Waals surface area contributed by atoms with Gasteiger partial charge in [-0.1, -0.05) is 36.4 Å². The van der Waals surface area contributed by atoms with Crippen molar-refractivity contribution in [1.82, 2.24) is 19.6 Å². The number of aromatic nitrogens is 4. The molecule has 9 heteroatoms. The molecule has 0 bridgehead atoms. The number of aliphatic carboxylic acids is 1. The Morgan fingerprint density at radius 2 is 1.85 bits per heavy atom. The van der Waals surface area contributed by atoms with Gasteiger partial charge in [-0.2, -0.15) is 9.61 Å². The Labute approximate surface area is 204 Å². The van der Waals surface area contributed by atoms with Gasteiger partial charge in [-0.3, -0.25) is 9.78 Å². The number of anilines is 1. The van der Waals surface area contributed by atoms with Crippen molar-refractivity contribution in [2.24, 2.45) is 0 Å². The zero-order chi connectivity index (χ0) is 23.9. The van der Waals surface area contributed by atoms with Crippen LogP contribution in [0.3, 0.4) is 0 Å². The van der Waals surface area contributed by atoms with E-state index in [1.165, 1.54) is 0 Å². The van der Waals surface area contributed by atoms with Gasteiger partial charge in [0.25, 0.3) is 0 Å². The summed E-state index contributed by atoms with van der Waals surface area (Å²) in [7, 11) is 0. The van der Waals surface area contributed by atoms with Gasteiger partial charge >= 0.3 is 5.97 Å². The standard InChI is InChI=1S/C25H24BrN5O3/c26-21-22(16-8-10-25(34,11-9-16)12-20(32)33)30-24-18(14-29-31(24)23(21)27)17-6-7-19(28-13-17)15-4-2-1-3-5-15/h1-7,13-14,16,34H,8-12,27H2,(H,32,33)/t16-,25+. The van der Waals surface area contributed by atoms with Crippen molar-refractivity contribution in [2.45, 2.75) is 43.6 Å². The fourth-order valence-corrected chi connectivity index (χ4v) is 5.29. The van der Waals surface area contributed by atoms with E-state index in [4.69, 9.17) is 15.8 Å². The lowest BCUT2D eigenvalue weighted by molar-refractivity contribution is -0.144. The second kappa shape index (κ2) is 8.81. The van der Waals surface area contributed by atoms with E-state index in [9.17, 15) is 9.90 Å². The van der Waals surface area contributed by atoms with Crippen molar-refractivity contribution in [3.63, 3.8) is 0 Å². The third kappa shape index (κ3) is 4.17. The number of nitrogens with zero attached hydrogens (tertiary/aromatic N) is 4. The zero-order valence-electron chi connectivity index (χ0n) is 18.4. The number of carboxylic acid groups (broad SMARTS) is 1. The number of halogens is 1. The molecule has 3 aromatic heterocycles. The van der Waals surface area contributed by atoms with Gasteiger partial charge in [-0.25, -0.2) is 4.98 Å². The molecule has 0 amide bonds. The first-order chi connectivity index (χ1) is 16.3. The van der Waals surface area contributed by atoms with Crippen LogP contribution in [0.2, 0.25) is 0 Å². The van der Waals surface area contributed by atoms with Gasteiger partial charge in [0.05, 0.1) is 34.1 Å². The number of carboxylic acids is 1. The lowest BCUT2D eigenvalue weighted by Crippen LogP contribution is -2.36. The van der Waals surface area contributed by atoms with Crippen LogP contribution >= 0.6 is 15.9 Å². The van der Waals surface area contributed by atoms with Crippen molar-refractivity contribution in [1.29, 1.82) is 0 Å². The average Bonchev–Trinajstić information content (AvgIpc) is 3.26. The molecule has 4 N–H and O–H groups in total. The van der Waals surface area contributed by atoms with E-state index in [1.54, 1.807) is 10.7 Å². The maximum Gasteiger partial charge on any atom is 0.306 e. The molecule has 0 aliphatic heterocycles. The molecule has 8 nitrogen and oxygen atoms in total. The number of nitrogens with two attached hydrogens (primary N) is 1. The van der Waals surface area contributed by atoms with E-state index >= 15 is 0 Å². The van der Waals surface area contributed by atoms with Crippen LogP contribution in [0.25, 0.3) is 28.0 Å². The third-order valence-electron chi connectivity index (χ3n) is 6.58. The largest absolute Gasteiger partial charge is 0.481 e. The Morgan fingerprint density at radius 1 is 1.12 bits per heavy atom. The maximum absolute atomic E-state index is 11.1. The van der Waals surface area contributed by atoms with Crippen molar-refractivity contribution < 1.29 is 15.0 Å². The smallest absolute Gasteiger partial charge is 0.306 e. The van der Waals surface area contributed by atoms with Crippen LogP contribution in [0.4, 0.5) is 5.82 Å². The van der Waals surface area contributed by atoms with E-state index in [1.807, 2.05) is 48.7 Å². The first-order valence-electron chi connectivity index (χ1n) is 11.1. The first-order valence-corrected chi connectivity index (χ1v) is 11.9. The summed E-state index contributed by atoms with van der Waals surface area (Å²) in [6, 6.07) is 13.9. The summed E-state index contributed by atoms with van der Waals surface area (Å²) in [5.74, 6) is -0.481. The molecule has 1 aromatic carbocycles. The molecule has 3 heterocycles. The van der Waals surface area contributed by atoms with Crippen LogP contribution in [0.5, 0.6) is 0 Å². The third-order valence-corrected chi connectivity index (χ3v) is 7.39. The van der Waals surface area contributed by atoms with E-state index in [0.29, 0.717) is 41.6 Å². The number of aliphatic hydroxyl groups is 1. The minimum atomic E-state index is -1.17.